The highest BCUT2D eigenvalue weighted by atomic mass is 16.2. The van der Waals surface area contributed by atoms with Crippen molar-refractivity contribution in [1.82, 2.24) is 34.9 Å². The number of urea groups is 1. The molecule has 0 aromatic carbocycles. The average molecular weight is 383 g/mol. The SMILES string of the molecule is CC(C)[C@@H]1c2nc(-c3cccnc3)nn2CCN1C(=O)CN1CC(=O)NC1=O. The molecule has 0 unspecified atom stereocenters. The average Bonchev–Trinajstić information content (AvgIpc) is 3.24. The fourth-order valence-corrected chi connectivity index (χ4v) is 3.64. The monoisotopic (exact) mass is 383 g/mol. The molecule has 1 fully saturated rings. The molecule has 146 valence electrons. The quantitative estimate of drug-likeness (QED) is 0.766. The largest absolute Gasteiger partial charge is 0.329 e. The van der Waals surface area contributed by atoms with Crippen molar-refractivity contribution in [3.63, 3.8) is 0 Å². The van der Waals surface area contributed by atoms with Gasteiger partial charge in [0, 0.05) is 24.5 Å². The van der Waals surface area contributed by atoms with E-state index in [0.29, 0.717) is 18.9 Å². The molecule has 1 saturated heterocycles. The Hall–Kier alpha value is -3.30. The van der Waals surface area contributed by atoms with E-state index in [1.54, 1.807) is 17.3 Å². The van der Waals surface area contributed by atoms with Crippen LogP contribution in [0.1, 0.15) is 25.7 Å². The lowest BCUT2D eigenvalue weighted by atomic mass is 9.99. The highest BCUT2D eigenvalue weighted by Gasteiger charge is 2.38. The van der Waals surface area contributed by atoms with Crippen molar-refractivity contribution in [2.75, 3.05) is 19.6 Å². The van der Waals surface area contributed by atoms with E-state index >= 15 is 0 Å². The summed E-state index contributed by atoms with van der Waals surface area (Å²) in [4.78, 5) is 47.8. The van der Waals surface area contributed by atoms with E-state index in [4.69, 9.17) is 0 Å². The second kappa shape index (κ2) is 7.02. The number of hydrogen-bond acceptors (Lipinski definition) is 6. The molecule has 0 aliphatic carbocycles. The second-order valence-corrected chi connectivity index (χ2v) is 7.24. The van der Waals surface area contributed by atoms with Crippen LogP contribution in [0.25, 0.3) is 11.4 Å². The van der Waals surface area contributed by atoms with E-state index < -0.39 is 11.9 Å². The van der Waals surface area contributed by atoms with Gasteiger partial charge in [0.05, 0.1) is 12.6 Å². The lowest BCUT2D eigenvalue weighted by Gasteiger charge is -2.38. The normalized spacial score (nSPS) is 19.2. The summed E-state index contributed by atoms with van der Waals surface area (Å²) in [7, 11) is 0. The van der Waals surface area contributed by atoms with Crippen molar-refractivity contribution in [3.8, 4) is 11.4 Å². The third-order valence-electron chi connectivity index (χ3n) is 4.92. The van der Waals surface area contributed by atoms with Gasteiger partial charge in [-0.05, 0) is 18.1 Å². The van der Waals surface area contributed by atoms with Crippen molar-refractivity contribution >= 4 is 17.8 Å². The summed E-state index contributed by atoms with van der Waals surface area (Å²) < 4.78 is 1.84. The topological polar surface area (TPSA) is 113 Å². The second-order valence-electron chi connectivity index (χ2n) is 7.24. The number of amides is 4. The molecular weight excluding hydrogens is 362 g/mol. The standard InChI is InChI=1S/C18H21N7O3/c1-11(2)15-17-21-16(12-4-3-5-19-8-12)22-25(17)7-6-24(15)14(27)10-23-9-13(26)20-18(23)28/h3-5,8,11,15H,6-7,9-10H2,1-2H3,(H,20,26,28)/t15-/m1/s1. The first-order chi connectivity index (χ1) is 13.4. The minimum atomic E-state index is -0.529. The van der Waals surface area contributed by atoms with Crippen LogP contribution in [-0.2, 0) is 16.1 Å². The number of carbonyl (C=O) groups excluding carboxylic acids is 3. The van der Waals surface area contributed by atoms with Crippen LogP contribution in [0.2, 0.25) is 0 Å². The maximum absolute atomic E-state index is 12.9. The van der Waals surface area contributed by atoms with E-state index in [0.717, 1.165) is 11.4 Å². The zero-order valence-electron chi connectivity index (χ0n) is 15.7. The van der Waals surface area contributed by atoms with Crippen LogP contribution >= 0.6 is 0 Å². The van der Waals surface area contributed by atoms with E-state index in [2.05, 4.69) is 20.4 Å². The van der Waals surface area contributed by atoms with E-state index in [1.165, 1.54) is 4.90 Å². The zero-order chi connectivity index (χ0) is 19.8. The Morgan fingerprint density at radius 1 is 1.32 bits per heavy atom. The first kappa shape index (κ1) is 18.1. The summed E-state index contributed by atoms with van der Waals surface area (Å²) in [6, 6.07) is 2.93. The number of aromatic nitrogens is 4. The number of hydrogen-bond donors (Lipinski definition) is 1. The fraction of sp³-hybridized carbons (Fsp3) is 0.444. The number of carbonyl (C=O) groups is 3. The van der Waals surface area contributed by atoms with Gasteiger partial charge in [-0.3, -0.25) is 19.9 Å². The van der Waals surface area contributed by atoms with Gasteiger partial charge in [-0.2, -0.15) is 5.10 Å². The predicted octanol–water partition coefficient (Wildman–Crippen LogP) is 0.431. The molecule has 28 heavy (non-hydrogen) atoms. The maximum atomic E-state index is 12.9. The Bertz CT molecular complexity index is 925. The van der Waals surface area contributed by atoms with E-state index in [1.807, 2.05) is 30.7 Å². The molecule has 2 aliphatic rings. The van der Waals surface area contributed by atoms with Crippen LogP contribution in [0.15, 0.2) is 24.5 Å². The van der Waals surface area contributed by atoms with Gasteiger partial charge >= 0.3 is 6.03 Å². The van der Waals surface area contributed by atoms with Crippen LogP contribution in [0.5, 0.6) is 0 Å². The molecule has 0 radical (unpaired) electrons. The van der Waals surface area contributed by atoms with E-state index in [9.17, 15) is 14.4 Å². The maximum Gasteiger partial charge on any atom is 0.325 e. The van der Waals surface area contributed by atoms with Crippen LogP contribution in [0.3, 0.4) is 0 Å². The zero-order valence-corrected chi connectivity index (χ0v) is 15.7. The molecule has 4 heterocycles. The van der Waals surface area contributed by atoms with Gasteiger partial charge in [-0.25, -0.2) is 14.5 Å². The summed E-state index contributed by atoms with van der Waals surface area (Å²) in [6.45, 7) is 4.79. The predicted molar refractivity (Wildman–Crippen MR) is 97.7 cm³/mol. The molecule has 10 nitrogen and oxygen atoms in total. The molecule has 1 N–H and O–H groups in total. The minimum absolute atomic E-state index is 0.0912. The van der Waals surface area contributed by atoms with Gasteiger partial charge in [-0.15, -0.1) is 0 Å². The summed E-state index contributed by atoms with van der Waals surface area (Å²) >= 11 is 0. The summed E-state index contributed by atoms with van der Waals surface area (Å²) in [5, 5.41) is 6.77. The van der Waals surface area contributed by atoms with Gasteiger partial charge in [0.2, 0.25) is 11.8 Å². The lowest BCUT2D eigenvalue weighted by molar-refractivity contribution is -0.136. The molecule has 2 aliphatic heterocycles. The molecule has 10 heteroatoms. The minimum Gasteiger partial charge on any atom is -0.329 e. The number of imide groups is 1. The Labute approximate surface area is 161 Å². The molecule has 0 spiro atoms. The highest BCUT2D eigenvalue weighted by molar-refractivity contribution is 6.03. The molecule has 0 bridgehead atoms. The third kappa shape index (κ3) is 3.21. The molecular formula is C18H21N7O3. The van der Waals surface area contributed by atoms with Crippen LogP contribution in [-0.4, -0.2) is 67.0 Å². The smallest absolute Gasteiger partial charge is 0.325 e. The first-order valence-electron chi connectivity index (χ1n) is 9.17. The van der Waals surface area contributed by atoms with Crippen molar-refractivity contribution in [1.29, 1.82) is 0 Å². The highest BCUT2D eigenvalue weighted by Crippen LogP contribution is 2.32. The summed E-state index contributed by atoms with van der Waals surface area (Å²) in [5.41, 5.74) is 0.817. The van der Waals surface area contributed by atoms with Gasteiger partial charge in [0.15, 0.2) is 11.6 Å². The fourth-order valence-electron chi connectivity index (χ4n) is 3.64. The molecule has 2 aromatic rings. The Kier molecular flexibility index (Phi) is 4.54. The first-order valence-corrected chi connectivity index (χ1v) is 9.17. The summed E-state index contributed by atoms with van der Waals surface area (Å²) in [5.74, 6) is 0.796. The lowest BCUT2D eigenvalue weighted by Crippen LogP contribution is -2.48. The van der Waals surface area contributed by atoms with E-state index in [-0.39, 0.29) is 31.0 Å². The van der Waals surface area contributed by atoms with Gasteiger partial charge in [0.1, 0.15) is 13.1 Å². The Morgan fingerprint density at radius 2 is 2.14 bits per heavy atom. The Balaban J connectivity index is 1.59. The number of rotatable bonds is 4. The van der Waals surface area contributed by atoms with Gasteiger partial charge < -0.3 is 9.80 Å². The number of nitrogens with zero attached hydrogens (tertiary/aromatic N) is 6. The number of fused-ring (bicyclic) bond motifs is 1. The molecule has 0 saturated carbocycles. The van der Waals surface area contributed by atoms with Crippen LogP contribution < -0.4 is 5.32 Å². The van der Waals surface area contributed by atoms with Crippen molar-refractivity contribution in [3.05, 3.63) is 30.4 Å². The van der Waals surface area contributed by atoms with Crippen molar-refractivity contribution < 1.29 is 14.4 Å². The molecule has 4 rings (SSSR count). The molecule has 4 amide bonds. The molecule has 1 atom stereocenters. The Morgan fingerprint density at radius 3 is 2.79 bits per heavy atom. The van der Waals surface area contributed by atoms with Gasteiger partial charge in [0.25, 0.3) is 0 Å². The number of pyridine rings is 1. The summed E-state index contributed by atoms with van der Waals surface area (Å²) in [6.07, 6.45) is 3.40. The van der Waals surface area contributed by atoms with Crippen LogP contribution in [0.4, 0.5) is 4.79 Å². The van der Waals surface area contributed by atoms with Crippen LogP contribution in [0, 0.1) is 5.92 Å². The van der Waals surface area contributed by atoms with Gasteiger partial charge in [-0.1, -0.05) is 13.8 Å². The third-order valence-corrected chi connectivity index (χ3v) is 4.92. The number of nitrogens with one attached hydrogen (secondary N) is 1. The van der Waals surface area contributed by atoms with Crippen molar-refractivity contribution in [2.24, 2.45) is 5.92 Å². The molecule has 2 aromatic heterocycles. The van der Waals surface area contributed by atoms with Crippen molar-refractivity contribution in [2.45, 2.75) is 26.4 Å².